The molecule has 0 radical (unpaired) electrons. The molecular formula is C51H78O5. The fraction of sp³-hybridized carbons (Fsp3) is 0.529. The highest BCUT2D eigenvalue weighted by molar-refractivity contribution is 5.70. The Hall–Kier alpha value is -3.96. The Labute approximate surface area is 343 Å². The minimum absolute atomic E-state index is 0.106. The largest absolute Gasteiger partial charge is 0.462 e. The van der Waals surface area contributed by atoms with Crippen LogP contribution in [0.25, 0.3) is 0 Å². The van der Waals surface area contributed by atoms with Gasteiger partial charge in [0.1, 0.15) is 6.61 Å². The van der Waals surface area contributed by atoms with Gasteiger partial charge in [-0.2, -0.15) is 0 Å². The molecule has 0 fully saturated rings. The molecule has 0 bridgehead atoms. The summed E-state index contributed by atoms with van der Waals surface area (Å²) in [5.74, 6) is -0.693. The maximum atomic E-state index is 12.2. The van der Waals surface area contributed by atoms with Crippen molar-refractivity contribution in [3.8, 4) is 0 Å². The standard InChI is InChI=1S/C51H78O5/c1-3-5-7-9-11-13-15-17-18-19-20-21-22-23-24-25-26-27-28-29-30-31-32-34-36-38-40-42-44-46-51(54)56-49(47-52)48-55-50(53)45-43-41-39-37-35-33-16-14-12-10-8-6-4-2/h5,7-8,10-11,13-14,16-18,20-21,23-24,26-27,29-30,32,34,38,40,49,52H,3-4,6,9,12,15,19,22,25,28,31,33,35-37,39,41-48H2,1-2H3/b7-5-,10-8-,13-11-,16-14-,18-17-,21-20-,24-23-,27-26-,30-29-,34-32-,40-38-. The second-order valence-electron chi connectivity index (χ2n) is 13.7. The van der Waals surface area contributed by atoms with E-state index in [4.69, 9.17) is 9.47 Å². The van der Waals surface area contributed by atoms with E-state index in [1.165, 1.54) is 12.8 Å². The average molecular weight is 771 g/mol. The lowest BCUT2D eigenvalue weighted by Gasteiger charge is -2.15. The molecule has 0 spiro atoms. The van der Waals surface area contributed by atoms with E-state index < -0.39 is 6.10 Å². The number of hydrogen-bond acceptors (Lipinski definition) is 5. The predicted octanol–water partition coefficient (Wildman–Crippen LogP) is 14.2. The Kier molecular flexibility index (Phi) is 42.2. The van der Waals surface area contributed by atoms with Gasteiger partial charge in [-0.3, -0.25) is 9.59 Å². The van der Waals surface area contributed by atoms with Crippen LogP contribution in [0.4, 0.5) is 0 Å². The molecule has 0 aromatic rings. The molecule has 1 atom stereocenters. The van der Waals surface area contributed by atoms with Crippen molar-refractivity contribution in [2.75, 3.05) is 13.2 Å². The number of unbranched alkanes of at least 4 members (excludes halogenated alkanes) is 7. The monoisotopic (exact) mass is 771 g/mol. The highest BCUT2D eigenvalue weighted by Gasteiger charge is 2.15. The Morgan fingerprint density at radius 2 is 0.786 bits per heavy atom. The third-order valence-corrected chi connectivity index (χ3v) is 8.41. The van der Waals surface area contributed by atoms with Crippen molar-refractivity contribution in [3.63, 3.8) is 0 Å². The van der Waals surface area contributed by atoms with Gasteiger partial charge in [-0.15, -0.1) is 0 Å². The van der Waals surface area contributed by atoms with E-state index in [0.29, 0.717) is 12.8 Å². The zero-order chi connectivity index (χ0) is 40.7. The second kappa shape index (κ2) is 45.4. The van der Waals surface area contributed by atoms with Gasteiger partial charge in [0.05, 0.1) is 6.61 Å². The predicted molar refractivity (Wildman–Crippen MR) is 241 cm³/mol. The summed E-state index contributed by atoms with van der Waals surface area (Å²) in [5.41, 5.74) is 0. The van der Waals surface area contributed by atoms with Crippen molar-refractivity contribution in [2.24, 2.45) is 0 Å². The summed E-state index contributed by atoms with van der Waals surface area (Å²) in [6.07, 6.45) is 68.1. The van der Waals surface area contributed by atoms with E-state index in [-0.39, 0.29) is 31.6 Å². The van der Waals surface area contributed by atoms with Gasteiger partial charge in [0.25, 0.3) is 0 Å². The third-order valence-electron chi connectivity index (χ3n) is 8.41. The van der Waals surface area contributed by atoms with Crippen LogP contribution in [-0.2, 0) is 19.1 Å². The molecule has 0 aromatic heterocycles. The van der Waals surface area contributed by atoms with Crippen LogP contribution >= 0.6 is 0 Å². The number of ether oxygens (including phenoxy) is 2. The first-order valence-electron chi connectivity index (χ1n) is 21.7. The minimum atomic E-state index is -0.818. The molecule has 0 aromatic carbocycles. The SMILES string of the molecule is CC/C=C\C/C=C\C/C=C\C/C=C\C/C=C\C/C=C\C/C=C\C/C=C\C/C=C\CCCC(=O)OC(CO)COC(=O)CCCCCCC/C=C\C/C=C\CCC. The number of aliphatic hydroxyl groups excluding tert-OH is 1. The highest BCUT2D eigenvalue weighted by atomic mass is 16.6. The summed E-state index contributed by atoms with van der Waals surface area (Å²) in [4.78, 5) is 24.3. The van der Waals surface area contributed by atoms with Crippen LogP contribution < -0.4 is 0 Å². The lowest BCUT2D eigenvalue weighted by molar-refractivity contribution is -0.161. The molecule has 0 amide bonds. The molecular weight excluding hydrogens is 693 g/mol. The number of aliphatic hydroxyl groups is 1. The van der Waals surface area contributed by atoms with Crippen molar-refractivity contribution in [3.05, 3.63) is 134 Å². The molecule has 312 valence electrons. The fourth-order valence-corrected chi connectivity index (χ4v) is 5.18. The number of allylic oxidation sites excluding steroid dienone is 22. The molecule has 1 N–H and O–H groups in total. The van der Waals surface area contributed by atoms with Crippen LogP contribution in [-0.4, -0.2) is 36.4 Å². The number of esters is 2. The maximum Gasteiger partial charge on any atom is 0.306 e. The molecule has 0 rings (SSSR count). The maximum absolute atomic E-state index is 12.2. The minimum Gasteiger partial charge on any atom is -0.462 e. The van der Waals surface area contributed by atoms with Crippen LogP contribution in [0.15, 0.2) is 134 Å². The van der Waals surface area contributed by atoms with Gasteiger partial charge in [-0.25, -0.2) is 0 Å². The third kappa shape index (κ3) is 42.8. The summed E-state index contributed by atoms with van der Waals surface area (Å²) >= 11 is 0. The molecule has 5 heteroatoms. The summed E-state index contributed by atoms with van der Waals surface area (Å²) in [6.45, 7) is 3.87. The van der Waals surface area contributed by atoms with Gasteiger partial charge < -0.3 is 14.6 Å². The van der Waals surface area contributed by atoms with E-state index in [9.17, 15) is 14.7 Å². The lowest BCUT2D eigenvalue weighted by Crippen LogP contribution is -2.28. The number of carbonyl (C=O) groups is 2. The highest BCUT2D eigenvalue weighted by Crippen LogP contribution is 2.10. The zero-order valence-electron chi connectivity index (χ0n) is 35.3. The van der Waals surface area contributed by atoms with Crippen molar-refractivity contribution in [1.29, 1.82) is 0 Å². The van der Waals surface area contributed by atoms with E-state index in [2.05, 4.69) is 148 Å². The number of carbonyl (C=O) groups excluding carboxylic acids is 2. The number of hydrogen-bond donors (Lipinski definition) is 1. The van der Waals surface area contributed by atoms with Gasteiger partial charge in [0.2, 0.25) is 0 Å². The molecule has 0 heterocycles. The Bertz CT molecular complexity index is 1240. The first kappa shape index (κ1) is 52.0. The Morgan fingerprint density at radius 1 is 0.429 bits per heavy atom. The summed E-state index contributed by atoms with van der Waals surface area (Å²) < 4.78 is 10.6. The summed E-state index contributed by atoms with van der Waals surface area (Å²) in [6, 6.07) is 0. The molecule has 0 aliphatic heterocycles. The van der Waals surface area contributed by atoms with Gasteiger partial charge in [-0.05, 0) is 103 Å². The average Bonchev–Trinajstić information content (AvgIpc) is 3.20. The van der Waals surface area contributed by atoms with E-state index in [1.54, 1.807) is 0 Å². The second-order valence-corrected chi connectivity index (χ2v) is 13.7. The molecule has 0 saturated carbocycles. The topological polar surface area (TPSA) is 72.8 Å². The van der Waals surface area contributed by atoms with Gasteiger partial charge in [-0.1, -0.05) is 173 Å². The van der Waals surface area contributed by atoms with Crippen LogP contribution in [0.3, 0.4) is 0 Å². The van der Waals surface area contributed by atoms with Crippen LogP contribution in [0.5, 0.6) is 0 Å². The summed E-state index contributed by atoms with van der Waals surface area (Å²) in [7, 11) is 0. The van der Waals surface area contributed by atoms with Crippen molar-refractivity contribution in [1.82, 2.24) is 0 Å². The normalized spacial score (nSPS) is 13.6. The molecule has 0 saturated heterocycles. The van der Waals surface area contributed by atoms with Crippen LogP contribution in [0.2, 0.25) is 0 Å². The lowest BCUT2D eigenvalue weighted by atomic mass is 10.1. The van der Waals surface area contributed by atoms with Gasteiger partial charge >= 0.3 is 11.9 Å². The Balaban J connectivity index is 3.76. The van der Waals surface area contributed by atoms with E-state index >= 15 is 0 Å². The van der Waals surface area contributed by atoms with Crippen molar-refractivity contribution in [2.45, 2.75) is 161 Å². The number of rotatable bonds is 37. The fourth-order valence-electron chi connectivity index (χ4n) is 5.18. The molecule has 56 heavy (non-hydrogen) atoms. The zero-order valence-corrected chi connectivity index (χ0v) is 35.3. The van der Waals surface area contributed by atoms with Crippen molar-refractivity contribution >= 4 is 11.9 Å². The van der Waals surface area contributed by atoms with Crippen molar-refractivity contribution < 1.29 is 24.2 Å². The first-order valence-corrected chi connectivity index (χ1v) is 21.7. The van der Waals surface area contributed by atoms with E-state index in [1.807, 2.05) is 0 Å². The van der Waals surface area contributed by atoms with Gasteiger partial charge in [0, 0.05) is 12.8 Å². The van der Waals surface area contributed by atoms with Gasteiger partial charge in [0.15, 0.2) is 6.10 Å². The summed E-state index contributed by atoms with van der Waals surface area (Å²) in [5, 5.41) is 9.56. The molecule has 0 aliphatic rings. The van der Waals surface area contributed by atoms with E-state index in [0.717, 1.165) is 109 Å². The van der Waals surface area contributed by atoms with Crippen LogP contribution in [0.1, 0.15) is 155 Å². The molecule has 0 aliphatic carbocycles. The molecule has 1 unspecified atom stereocenters. The van der Waals surface area contributed by atoms with Crippen LogP contribution in [0, 0.1) is 0 Å². The first-order chi connectivity index (χ1) is 27.6. The quantitative estimate of drug-likeness (QED) is 0.0387. The smallest absolute Gasteiger partial charge is 0.306 e. The molecule has 5 nitrogen and oxygen atoms in total. The Morgan fingerprint density at radius 3 is 1.21 bits per heavy atom.